The van der Waals surface area contributed by atoms with E-state index in [2.05, 4.69) is 5.32 Å². The Morgan fingerprint density at radius 3 is 2.52 bits per heavy atom. The van der Waals surface area contributed by atoms with Crippen LogP contribution in [0.4, 0.5) is 0 Å². The third-order valence-electron chi connectivity index (χ3n) is 4.59. The number of amides is 1. The molecule has 0 spiro atoms. The van der Waals surface area contributed by atoms with Gasteiger partial charge in [-0.1, -0.05) is 65.7 Å². The van der Waals surface area contributed by atoms with Crippen molar-refractivity contribution in [3.05, 3.63) is 99.0 Å². The number of hydrogen-bond acceptors (Lipinski definition) is 4. The van der Waals surface area contributed by atoms with Crippen molar-refractivity contribution in [2.24, 2.45) is 0 Å². The Kier molecular flexibility index (Phi) is 8.77. The van der Waals surface area contributed by atoms with Crippen LogP contribution in [0.25, 0.3) is 6.08 Å². The minimum Gasteiger partial charge on any atom is -0.490 e. The van der Waals surface area contributed by atoms with Gasteiger partial charge >= 0.3 is 0 Å². The van der Waals surface area contributed by atoms with Gasteiger partial charge in [-0.2, -0.15) is 5.26 Å². The second kappa shape index (κ2) is 12.0. The van der Waals surface area contributed by atoms with E-state index in [1.807, 2.05) is 67.6 Å². The van der Waals surface area contributed by atoms with E-state index in [1.54, 1.807) is 12.1 Å². The average Bonchev–Trinajstić information content (AvgIpc) is 2.80. The van der Waals surface area contributed by atoms with E-state index in [4.69, 9.17) is 32.7 Å². The maximum atomic E-state index is 12.5. The number of benzene rings is 3. The molecule has 0 aliphatic heterocycles. The number of nitriles is 1. The number of aryl methyl sites for hydroxylation is 1. The highest BCUT2D eigenvalue weighted by Crippen LogP contribution is 2.34. The molecule has 1 amide bonds. The fourth-order valence-electron chi connectivity index (χ4n) is 3.03. The molecule has 3 aromatic carbocycles. The maximum Gasteiger partial charge on any atom is 0.262 e. The number of nitrogens with zero attached hydrogens (tertiary/aromatic N) is 1. The highest BCUT2D eigenvalue weighted by atomic mass is 35.5. The molecule has 0 bridgehead atoms. The lowest BCUT2D eigenvalue weighted by molar-refractivity contribution is -0.117. The van der Waals surface area contributed by atoms with Crippen molar-refractivity contribution in [2.75, 3.05) is 13.2 Å². The average molecular weight is 481 g/mol. The minimum atomic E-state index is -0.508. The smallest absolute Gasteiger partial charge is 0.262 e. The highest BCUT2D eigenvalue weighted by molar-refractivity contribution is 6.36. The van der Waals surface area contributed by atoms with Gasteiger partial charge in [0, 0.05) is 17.1 Å². The van der Waals surface area contributed by atoms with Crippen LogP contribution < -0.4 is 14.8 Å². The number of halogens is 2. The molecule has 0 aliphatic rings. The minimum absolute atomic E-state index is 0.0925. The predicted molar refractivity (Wildman–Crippen MR) is 131 cm³/mol. The third kappa shape index (κ3) is 7.28. The van der Waals surface area contributed by atoms with Crippen LogP contribution in [0, 0.1) is 18.3 Å². The van der Waals surface area contributed by atoms with Crippen LogP contribution in [0.2, 0.25) is 10.0 Å². The Labute approximate surface area is 203 Å². The van der Waals surface area contributed by atoms with Gasteiger partial charge in [0.25, 0.3) is 5.91 Å². The van der Waals surface area contributed by atoms with E-state index in [0.717, 1.165) is 16.9 Å². The van der Waals surface area contributed by atoms with E-state index in [9.17, 15) is 10.1 Å². The Hall–Kier alpha value is -3.46. The van der Waals surface area contributed by atoms with Crippen LogP contribution >= 0.6 is 23.2 Å². The van der Waals surface area contributed by atoms with Crippen LogP contribution in [0.5, 0.6) is 11.5 Å². The fourth-order valence-corrected chi connectivity index (χ4v) is 3.59. The molecule has 0 atom stereocenters. The van der Waals surface area contributed by atoms with Crippen LogP contribution in [0.3, 0.4) is 0 Å². The fraction of sp³-hybridized carbons (Fsp3) is 0.154. The molecule has 33 heavy (non-hydrogen) atoms. The standard InChI is InChI=1S/C26H22Cl2N2O3/c1-18-6-5-9-23(12-18)32-10-11-33-25-20(14-22(27)15-24(25)28)13-21(16-29)26(31)30-17-19-7-3-2-4-8-19/h2-9,12-15H,10-11,17H2,1H3,(H,30,31). The maximum absolute atomic E-state index is 12.5. The molecule has 168 valence electrons. The summed E-state index contributed by atoms with van der Waals surface area (Å²) in [7, 11) is 0. The molecular weight excluding hydrogens is 459 g/mol. The normalized spacial score (nSPS) is 10.9. The molecule has 1 N–H and O–H groups in total. The number of carbonyl (C=O) groups is 1. The lowest BCUT2D eigenvalue weighted by atomic mass is 10.1. The lowest BCUT2D eigenvalue weighted by Gasteiger charge is -2.13. The Balaban J connectivity index is 1.70. The molecule has 5 nitrogen and oxygen atoms in total. The molecule has 7 heteroatoms. The number of ether oxygens (including phenoxy) is 2. The summed E-state index contributed by atoms with van der Waals surface area (Å²) in [6.45, 7) is 2.78. The van der Waals surface area contributed by atoms with Gasteiger partial charge in [0.15, 0.2) is 0 Å². The van der Waals surface area contributed by atoms with Crippen molar-refractivity contribution in [3.8, 4) is 17.6 Å². The van der Waals surface area contributed by atoms with Gasteiger partial charge in [0.05, 0.1) is 5.02 Å². The Morgan fingerprint density at radius 1 is 1.03 bits per heavy atom. The topological polar surface area (TPSA) is 71.3 Å². The van der Waals surface area contributed by atoms with Crippen molar-refractivity contribution in [3.63, 3.8) is 0 Å². The number of nitrogens with one attached hydrogen (secondary N) is 1. The van der Waals surface area contributed by atoms with Crippen LogP contribution in [-0.4, -0.2) is 19.1 Å². The zero-order chi connectivity index (χ0) is 23.6. The number of rotatable bonds is 9. The van der Waals surface area contributed by atoms with Crippen LogP contribution in [0.15, 0.2) is 72.3 Å². The van der Waals surface area contributed by atoms with Gasteiger partial charge in [-0.05, 0) is 48.4 Å². The van der Waals surface area contributed by atoms with E-state index in [1.165, 1.54) is 6.08 Å². The predicted octanol–water partition coefficient (Wildman–Crippen LogP) is 5.98. The number of hydrogen-bond donors (Lipinski definition) is 1. The van der Waals surface area contributed by atoms with E-state index < -0.39 is 5.91 Å². The van der Waals surface area contributed by atoms with Gasteiger partial charge in [-0.15, -0.1) is 0 Å². The third-order valence-corrected chi connectivity index (χ3v) is 5.08. The van der Waals surface area contributed by atoms with Crippen molar-refractivity contribution in [1.82, 2.24) is 5.32 Å². The molecule has 3 rings (SSSR count). The largest absolute Gasteiger partial charge is 0.490 e. The monoisotopic (exact) mass is 480 g/mol. The van der Waals surface area contributed by atoms with Crippen molar-refractivity contribution in [1.29, 1.82) is 5.26 Å². The molecule has 0 fully saturated rings. The lowest BCUT2D eigenvalue weighted by Crippen LogP contribution is -2.23. The summed E-state index contributed by atoms with van der Waals surface area (Å²) in [5.41, 5.74) is 2.35. The van der Waals surface area contributed by atoms with Gasteiger partial charge in [0.1, 0.15) is 36.4 Å². The van der Waals surface area contributed by atoms with Gasteiger partial charge < -0.3 is 14.8 Å². The zero-order valence-corrected chi connectivity index (χ0v) is 19.5. The molecule has 0 aromatic heterocycles. The molecule has 0 aliphatic carbocycles. The van der Waals surface area contributed by atoms with Crippen molar-refractivity contribution >= 4 is 35.2 Å². The van der Waals surface area contributed by atoms with Crippen LogP contribution in [0.1, 0.15) is 16.7 Å². The molecule has 3 aromatic rings. The summed E-state index contributed by atoms with van der Waals surface area (Å²) < 4.78 is 11.5. The SMILES string of the molecule is Cc1cccc(OCCOc2c(Cl)cc(Cl)cc2C=C(C#N)C(=O)NCc2ccccc2)c1. The molecule has 0 saturated carbocycles. The summed E-state index contributed by atoms with van der Waals surface area (Å²) in [5.74, 6) is 0.548. The van der Waals surface area contributed by atoms with Crippen LogP contribution in [-0.2, 0) is 11.3 Å². The Bertz CT molecular complexity index is 1190. The second-order valence-corrected chi connectivity index (χ2v) is 8.00. The Morgan fingerprint density at radius 2 is 1.79 bits per heavy atom. The van der Waals surface area contributed by atoms with Crippen molar-refractivity contribution in [2.45, 2.75) is 13.5 Å². The summed E-state index contributed by atoms with van der Waals surface area (Å²) in [6, 6.07) is 22.2. The van der Waals surface area contributed by atoms with Gasteiger partial charge in [-0.3, -0.25) is 4.79 Å². The van der Waals surface area contributed by atoms with Gasteiger partial charge in [-0.25, -0.2) is 0 Å². The summed E-state index contributed by atoms with van der Waals surface area (Å²) >= 11 is 12.5. The first-order valence-corrected chi connectivity index (χ1v) is 11.0. The van der Waals surface area contributed by atoms with E-state index in [-0.39, 0.29) is 23.8 Å². The van der Waals surface area contributed by atoms with Gasteiger partial charge in [0.2, 0.25) is 0 Å². The first-order chi connectivity index (χ1) is 16.0. The summed E-state index contributed by atoms with van der Waals surface area (Å²) in [5, 5.41) is 12.9. The zero-order valence-electron chi connectivity index (χ0n) is 18.0. The quantitative estimate of drug-likeness (QED) is 0.232. The first-order valence-electron chi connectivity index (χ1n) is 10.2. The van der Waals surface area contributed by atoms with Crippen molar-refractivity contribution < 1.29 is 14.3 Å². The summed E-state index contributed by atoms with van der Waals surface area (Å²) in [6.07, 6.45) is 1.41. The molecule has 0 saturated heterocycles. The first kappa shape index (κ1) is 24.2. The molecular formula is C26H22Cl2N2O3. The number of carbonyl (C=O) groups excluding carboxylic acids is 1. The van der Waals surface area contributed by atoms with E-state index in [0.29, 0.717) is 22.9 Å². The molecule has 0 radical (unpaired) electrons. The summed E-state index contributed by atoms with van der Waals surface area (Å²) in [4.78, 5) is 12.5. The molecule has 0 unspecified atom stereocenters. The van der Waals surface area contributed by atoms with E-state index >= 15 is 0 Å². The second-order valence-electron chi connectivity index (χ2n) is 7.16. The molecule has 0 heterocycles. The highest BCUT2D eigenvalue weighted by Gasteiger charge is 2.14.